The Balaban J connectivity index is 2.26. The quantitative estimate of drug-likeness (QED) is 0.776. The smallest absolute Gasteiger partial charge is 0.220 e. The summed E-state index contributed by atoms with van der Waals surface area (Å²) in [5.74, 6) is 1.01. The number of hydrogen-bond donors (Lipinski definition) is 1. The van der Waals surface area contributed by atoms with Crippen molar-refractivity contribution in [2.75, 3.05) is 12.4 Å². The second-order valence-electron chi connectivity index (χ2n) is 4.55. The van der Waals surface area contributed by atoms with Crippen molar-refractivity contribution in [3.8, 4) is 0 Å². The summed E-state index contributed by atoms with van der Waals surface area (Å²) in [6.45, 7) is 4.74. The second kappa shape index (κ2) is 7.33. The van der Waals surface area contributed by atoms with Crippen LogP contribution in [0, 0.1) is 12.8 Å². The fourth-order valence-corrected chi connectivity index (χ4v) is 1.55. The molecule has 1 aromatic carbocycles. The van der Waals surface area contributed by atoms with Crippen molar-refractivity contribution >= 4 is 17.5 Å². The molecule has 1 amide bonds. The van der Waals surface area contributed by atoms with E-state index in [4.69, 9.17) is 11.6 Å². The van der Waals surface area contributed by atoms with Crippen LogP contribution in [-0.2, 0) is 11.2 Å². The molecule has 1 rings (SSSR count). The first-order chi connectivity index (χ1) is 8.11. The zero-order valence-corrected chi connectivity index (χ0v) is 11.3. The second-order valence-corrected chi connectivity index (χ2v) is 4.86. The lowest BCUT2D eigenvalue weighted by Gasteiger charge is -2.09. The van der Waals surface area contributed by atoms with Crippen LogP contribution in [0.15, 0.2) is 24.3 Å². The maximum Gasteiger partial charge on any atom is 0.220 e. The van der Waals surface area contributed by atoms with Gasteiger partial charge in [0.2, 0.25) is 5.91 Å². The number of amides is 1. The molecule has 2 nitrogen and oxygen atoms in total. The van der Waals surface area contributed by atoms with Crippen LogP contribution in [0.3, 0.4) is 0 Å². The molecule has 0 aliphatic heterocycles. The summed E-state index contributed by atoms with van der Waals surface area (Å²) >= 11 is 5.67. The first-order valence-electron chi connectivity index (χ1n) is 6.00. The van der Waals surface area contributed by atoms with Crippen LogP contribution < -0.4 is 5.32 Å². The molecule has 0 saturated heterocycles. The highest BCUT2D eigenvalue weighted by molar-refractivity contribution is 6.18. The first-order valence-corrected chi connectivity index (χ1v) is 6.53. The Morgan fingerprint density at radius 3 is 2.59 bits per heavy atom. The van der Waals surface area contributed by atoms with Gasteiger partial charge in [0, 0.05) is 18.8 Å². The van der Waals surface area contributed by atoms with Crippen molar-refractivity contribution in [2.45, 2.75) is 26.7 Å². The maximum absolute atomic E-state index is 11.5. The molecular weight excluding hydrogens is 234 g/mol. The highest BCUT2D eigenvalue weighted by atomic mass is 35.5. The lowest BCUT2D eigenvalue weighted by atomic mass is 10.1. The third-order valence-corrected chi connectivity index (χ3v) is 3.20. The molecule has 1 unspecified atom stereocenters. The van der Waals surface area contributed by atoms with Crippen molar-refractivity contribution in [3.05, 3.63) is 35.4 Å². The highest BCUT2D eigenvalue weighted by Gasteiger charge is 2.04. The minimum Gasteiger partial charge on any atom is -0.356 e. The predicted molar refractivity (Wildman–Crippen MR) is 72.4 cm³/mol. The van der Waals surface area contributed by atoms with Gasteiger partial charge in [-0.1, -0.05) is 36.8 Å². The fraction of sp³-hybridized carbons (Fsp3) is 0.500. The van der Waals surface area contributed by atoms with E-state index in [-0.39, 0.29) is 5.91 Å². The molecular formula is C14H20ClNO. The van der Waals surface area contributed by atoms with E-state index >= 15 is 0 Å². The van der Waals surface area contributed by atoms with Gasteiger partial charge in [-0.15, -0.1) is 11.6 Å². The molecule has 0 fully saturated rings. The summed E-state index contributed by atoms with van der Waals surface area (Å²) in [5.41, 5.74) is 2.45. The molecule has 0 radical (unpaired) electrons. The van der Waals surface area contributed by atoms with E-state index in [2.05, 4.69) is 36.5 Å². The topological polar surface area (TPSA) is 29.1 Å². The van der Waals surface area contributed by atoms with Gasteiger partial charge in [-0.3, -0.25) is 4.79 Å². The van der Waals surface area contributed by atoms with Gasteiger partial charge in [-0.2, -0.15) is 0 Å². The van der Waals surface area contributed by atoms with E-state index in [0.717, 1.165) is 6.42 Å². The van der Waals surface area contributed by atoms with Crippen molar-refractivity contribution in [1.29, 1.82) is 0 Å². The number of carbonyl (C=O) groups is 1. The molecule has 1 aromatic rings. The van der Waals surface area contributed by atoms with E-state index in [0.29, 0.717) is 24.8 Å². The Morgan fingerprint density at radius 2 is 2.00 bits per heavy atom. The molecule has 0 aliphatic carbocycles. The van der Waals surface area contributed by atoms with Crippen LogP contribution in [0.5, 0.6) is 0 Å². The number of rotatable bonds is 6. The zero-order chi connectivity index (χ0) is 12.7. The van der Waals surface area contributed by atoms with Gasteiger partial charge < -0.3 is 5.32 Å². The van der Waals surface area contributed by atoms with Gasteiger partial charge in [0.1, 0.15) is 0 Å². The molecule has 1 N–H and O–H groups in total. The summed E-state index contributed by atoms with van der Waals surface area (Å²) in [5, 5.41) is 2.89. The summed E-state index contributed by atoms with van der Waals surface area (Å²) in [6, 6.07) is 8.29. The van der Waals surface area contributed by atoms with E-state index in [9.17, 15) is 4.79 Å². The Bertz CT molecular complexity index is 348. The van der Waals surface area contributed by atoms with Gasteiger partial charge in [0.05, 0.1) is 0 Å². The largest absolute Gasteiger partial charge is 0.356 e. The minimum absolute atomic E-state index is 0.0996. The van der Waals surface area contributed by atoms with Crippen molar-refractivity contribution in [3.63, 3.8) is 0 Å². The van der Waals surface area contributed by atoms with Gasteiger partial charge >= 0.3 is 0 Å². The van der Waals surface area contributed by atoms with E-state index < -0.39 is 0 Å². The summed E-state index contributed by atoms with van der Waals surface area (Å²) in [4.78, 5) is 11.5. The summed E-state index contributed by atoms with van der Waals surface area (Å²) in [7, 11) is 0. The standard InChI is InChI=1S/C14H20ClNO/c1-11-3-5-13(6-4-11)7-8-14(17)16-10-12(2)9-15/h3-6,12H,7-10H2,1-2H3,(H,16,17). The number of nitrogens with one attached hydrogen (secondary N) is 1. The number of carbonyl (C=O) groups excluding carboxylic acids is 1. The molecule has 0 saturated carbocycles. The molecule has 0 heterocycles. The number of benzene rings is 1. The summed E-state index contributed by atoms with van der Waals surface area (Å²) < 4.78 is 0. The van der Waals surface area contributed by atoms with Crippen LogP contribution in [0.4, 0.5) is 0 Å². The number of halogens is 1. The summed E-state index contributed by atoms with van der Waals surface area (Å²) in [6.07, 6.45) is 1.33. The average Bonchev–Trinajstić information content (AvgIpc) is 2.35. The molecule has 3 heteroatoms. The van der Waals surface area contributed by atoms with Gasteiger partial charge in [0.25, 0.3) is 0 Å². The van der Waals surface area contributed by atoms with Gasteiger partial charge in [0.15, 0.2) is 0 Å². The van der Waals surface area contributed by atoms with Crippen LogP contribution >= 0.6 is 11.6 Å². The maximum atomic E-state index is 11.5. The average molecular weight is 254 g/mol. The Labute approximate surface area is 108 Å². The van der Waals surface area contributed by atoms with Crippen molar-refractivity contribution < 1.29 is 4.79 Å². The lowest BCUT2D eigenvalue weighted by Crippen LogP contribution is -2.28. The van der Waals surface area contributed by atoms with E-state index in [1.165, 1.54) is 11.1 Å². The lowest BCUT2D eigenvalue weighted by molar-refractivity contribution is -0.121. The monoisotopic (exact) mass is 253 g/mol. The molecule has 0 aliphatic rings. The van der Waals surface area contributed by atoms with Crippen LogP contribution in [0.2, 0.25) is 0 Å². The molecule has 0 bridgehead atoms. The van der Waals surface area contributed by atoms with Crippen LogP contribution in [0.25, 0.3) is 0 Å². The molecule has 17 heavy (non-hydrogen) atoms. The predicted octanol–water partition coefficient (Wildman–Crippen LogP) is 2.92. The van der Waals surface area contributed by atoms with E-state index in [1.54, 1.807) is 0 Å². The fourth-order valence-electron chi connectivity index (χ4n) is 1.44. The SMILES string of the molecule is Cc1ccc(CCC(=O)NCC(C)CCl)cc1. The Kier molecular flexibility index (Phi) is 6.06. The number of alkyl halides is 1. The third-order valence-electron chi connectivity index (χ3n) is 2.67. The third kappa shape index (κ3) is 5.73. The first kappa shape index (κ1) is 14.0. The molecule has 94 valence electrons. The van der Waals surface area contributed by atoms with Crippen molar-refractivity contribution in [2.24, 2.45) is 5.92 Å². The molecule has 0 spiro atoms. The molecule has 1 atom stereocenters. The normalized spacial score (nSPS) is 12.2. The number of hydrogen-bond acceptors (Lipinski definition) is 1. The van der Waals surface area contributed by atoms with E-state index in [1.807, 2.05) is 6.92 Å². The highest BCUT2D eigenvalue weighted by Crippen LogP contribution is 2.05. The Hall–Kier alpha value is -1.02. The number of aryl methyl sites for hydroxylation is 2. The van der Waals surface area contributed by atoms with Gasteiger partial charge in [-0.25, -0.2) is 0 Å². The minimum atomic E-state index is 0.0996. The Morgan fingerprint density at radius 1 is 1.35 bits per heavy atom. The van der Waals surface area contributed by atoms with Crippen molar-refractivity contribution in [1.82, 2.24) is 5.32 Å². The zero-order valence-electron chi connectivity index (χ0n) is 10.5. The van der Waals surface area contributed by atoms with Crippen LogP contribution in [-0.4, -0.2) is 18.3 Å². The molecule has 0 aromatic heterocycles. The van der Waals surface area contributed by atoms with Crippen LogP contribution in [0.1, 0.15) is 24.5 Å². The van der Waals surface area contributed by atoms with Gasteiger partial charge in [-0.05, 0) is 24.8 Å².